The van der Waals surface area contributed by atoms with E-state index in [2.05, 4.69) is 4.98 Å². The number of carbonyl (C=O) groups is 1. The maximum Gasteiger partial charge on any atom is 0.232 e. The summed E-state index contributed by atoms with van der Waals surface area (Å²) in [6, 6.07) is 7.64. The third kappa shape index (κ3) is 1.00. The summed E-state index contributed by atoms with van der Waals surface area (Å²) in [4.78, 5) is 16.4. The molecule has 0 atom stereocenters. The second kappa shape index (κ2) is 3.10. The normalized spacial score (nSPS) is 14.6. The van der Waals surface area contributed by atoms with Crippen molar-refractivity contribution in [3.05, 3.63) is 36.2 Å². The first-order chi connectivity index (χ1) is 8.77. The lowest BCUT2D eigenvalue weighted by Crippen LogP contribution is -2.17. The highest BCUT2D eigenvalue weighted by molar-refractivity contribution is 6.16. The Morgan fingerprint density at radius 3 is 2.94 bits per heavy atom. The molecular formula is C14H10N2O2. The average Bonchev–Trinajstić information content (AvgIpc) is 2.74. The quantitative estimate of drug-likeness (QED) is 0.654. The van der Waals surface area contributed by atoms with Crippen molar-refractivity contribution in [1.29, 1.82) is 0 Å². The fourth-order valence-corrected chi connectivity index (χ4v) is 2.82. The monoisotopic (exact) mass is 238 g/mol. The molecule has 0 bridgehead atoms. The Morgan fingerprint density at radius 2 is 2.06 bits per heavy atom. The minimum absolute atomic E-state index is 0.0705. The number of hydrogen-bond acceptors (Lipinski definition) is 3. The number of pyridine rings is 1. The van der Waals surface area contributed by atoms with Crippen molar-refractivity contribution in [2.24, 2.45) is 0 Å². The molecule has 0 saturated carbocycles. The van der Waals surface area contributed by atoms with Crippen LogP contribution in [0.3, 0.4) is 0 Å². The number of aromatic hydroxyl groups is 1. The lowest BCUT2D eigenvalue weighted by Gasteiger charge is -2.14. The molecule has 3 aromatic rings. The highest BCUT2D eigenvalue weighted by Gasteiger charge is 2.25. The van der Waals surface area contributed by atoms with Gasteiger partial charge in [0.2, 0.25) is 5.91 Å². The number of fused-ring (bicyclic) bond motifs is 3. The van der Waals surface area contributed by atoms with Gasteiger partial charge in [-0.15, -0.1) is 0 Å². The zero-order valence-electron chi connectivity index (χ0n) is 9.55. The van der Waals surface area contributed by atoms with Crippen LogP contribution in [-0.2, 0) is 6.42 Å². The van der Waals surface area contributed by atoms with Gasteiger partial charge in [0.25, 0.3) is 0 Å². The van der Waals surface area contributed by atoms with Gasteiger partial charge in [-0.3, -0.25) is 14.3 Å². The summed E-state index contributed by atoms with van der Waals surface area (Å²) in [6.07, 6.45) is 2.59. The number of hydrogen-bond donors (Lipinski definition) is 1. The third-order valence-electron chi connectivity index (χ3n) is 3.57. The highest BCUT2D eigenvalue weighted by atomic mass is 16.3. The van der Waals surface area contributed by atoms with Crippen LogP contribution < -0.4 is 0 Å². The number of aryl methyl sites for hydroxylation is 1. The minimum Gasteiger partial charge on any atom is -0.506 e. The highest BCUT2D eigenvalue weighted by Crippen LogP contribution is 2.38. The molecule has 0 spiro atoms. The molecule has 1 aliphatic rings. The first-order valence-corrected chi connectivity index (χ1v) is 5.90. The van der Waals surface area contributed by atoms with Crippen molar-refractivity contribution in [3.63, 3.8) is 0 Å². The Morgan fingerprint density at radius 1 is 1.22 bits per heavy atom. The van der Waals surface area contributed by atoms with Crippen LogP contribution in [0.1, 0.15) is 16.9 Å². The van der Waals surface area contributed by atoms with E-state index in [0.29, 0.717) is 12.8 Å². The summed E-state index contributed by atoms with van der Waals surface area (Å²) < 4.78 is 1.69. The Hall–Kier alpha value is -2.36. The summed E-state index contributed by atoms with van der Waals surface area (Å²) in [6.45, 7) is 0. The number of para-hydroxylation sites is 1. The average molecular weight is 238 g/mol. The molecule has 4 nitrogen and oxygen atoms in total. The van der Waals surface area contributed by atoms with Crippen molar-refractivity contribution in [3.8, 4) is 5.75 Å². The molecule has 88 valence electrons. The van der Waals surface area contributed by atoms with Crippen LogP contribution in [0.15, 0.2) is 30.5 Å². The molecule has 1 aromatic carbocycles. The van der Waals surface area contributed by atoms with E-state index < -0.39 is 0 Å². The first kappa shape index (κ1) is 9.65. The third-order valence-corrected chi connectivity index (χ3v) is 3.57. The van der Waals surface area contributed by atoms with Crippen LogP contribution >= 0.6 is 0 Å². The van der Waals surface area contributed by atoms with Crippen LogP contribution in [0.2, 0.25) is 0 Å². The molecule has 18 heavy (non-hydrogen) atoms. The molecule has 0 saturated heterocycles. The molecule has 0 unspecified atom stereocenters. The molecule has 0 radical (unpaired) electrons. The van der Waals surface area contributed by atoms with E-state index in [-0.39, 0.29) is 11.7 Å². The predicted molar refractivity (Wildman–Crippen MR) is 67.9 cm³/mol. The number of benzene rings is 1. The Labute approximate surface area is 102 Å². The fourth-order valence-electron chi connectivity index (χ4n) is 2.82. The van der Waals surface area contributed by atoms with Crippen LogP contribution in [0.25, 0.3) is 21.8 Å². The van der Waals surface area contributed by atoms with Crippen molar-refractivity contribution in [2.45, 2.75) is 12.8 Å². The van der Waals surface area contributed by atoms with E-state index in [1.54, 1.807) is 4.57 Å². The molecule has 0 amide bonds. The molecular weight excluding hydrogens is 228 g/mol. The summed E-state index contributed by atoms with van der Waals surface area (Å²) in [7, 11) is 0. The fraction of sp³-hybridized carbons (Fsp3) is 0.143. The second-order valence-corrected chi connectivity index (χ2v) is 4.56. The van der Waals surface area contributed by atoms with Crippen molar-refractivity contribution >= 4 is 27.7 Å². The van der Waals surface area contributed by atoms with Gasteiger partial charge in [-0.25, -0.2) is 0 Å². The second-order valence-electron chi connectivity index (χ2n) is 4.56. The maximum atomic E-state index is 12.1. The first-order valence-electron chi connectivity index (χ1n) is 5.90. The van der Waals surface area contributed by atoms with Crippen molar-refractivity contribution < 1.29 is 9.90 Å². The lowest BCUT2D eigenvalue weighted by atomic mass is 10.1. The molecule has 1 aliphatic heterocycles. The minimum atomic E-state index is 0.0705. The number of rotatable bonds is 0. The molecule has 0 fully saturated rings. The largest absolute Gasteiger partial charge is 0.506 e. The molecule has 4 rings (SSSR count). The Bertz CT molecular complexity index is 817. The van der Waals surface area contributed by atoms with E-state index >= 15 is 0 Å². The standard InChI is InChI=1S/C14H10N2O2/c17-11-7-15-9-5-6-12(18)16-10-4-2-1-3-8(10)13(11)14(9)16/h1-4,7,17H,5-6H2. The summed E-state index contributed by atoms with van der Waals surface area (Å²) in [5.41, 5.74) is 2.51. The zero-order valence-corrected chi connectivity index (χ0v) is 9.55. The van der Waals surface area contributed by atoms with Gasteiger partial charge >= 0.3 is 0 Å². The smallest absolute Gasteiger partial charge is 0.232 e. The van der Waals surface area contributed by atoms with Gasteiger partial charge < -0.3 is 5.11 Å². The summed E-state index contributed by atoms with van der Waals surface area (Å²) in [5, 5.41) is 11.7. The van der Waals surface area contributed by atoms with Gasteiger partial charge in [0.05, 0.1) is 28.3 Å². The summed E-state index contributed by atoms with van der Waals surface area (Å²) >= 11 is 0. The summed E-state index contributed by atoms with van der Waals surface area (Å²) in [5.74, 6) is 0.208. The zero-order chi connectivity index (χ0) is 12.3. The molecule has 2 aromatic heterocycles. The van der Waals surface area contributed by atoms with E-state index in [9.17, 15) is 9.90 Å². The van der Waals surface area contributed by atoms with Crippen molar-refractivity contribution in [1.82, 2.24) is 9.55 Å². The van der Waals surface area contributed by atoms with E-state index in [1.807, 2.05) is 24.3 Å². The predicted octanol–water partition coefficient (Wildman–Crippen LogP) is 2.48. The van der Waals surface area contributed by atoms with Gasteiger partial charge in [-0.2, -0.15) is 0 Å². The van der Waals surface area contributed by atoms with Crippen LogP contribution in [0.5, 0.6) is 5.75 Å². The van der Waals surface area contributed by atoms with Crippen molar-refractivity contribution in [2.75, 3.05) is 0 Å². The van der Waals surface area contributed by atoms with E-state index in [4.69, 9.17) is 0 Å². The Kier molecular flexibility index (Phi) is 1.66. The molecule has 4 heteroatoms. The van der Waals surface area contributed by atoms with Crippen LogP contribution in [0, 0.1) is 0 Å². The maximum absolute atomic E-state index is 12.1. The number of nitrogens with zero attached hydrogens (tertiary/aromatic N) is 2. The molecule has 3 heterocycles. The van der Waals surface area contributed by atoms with Gasteiger partial charge in [0.15, 0.2) is 0 Å². The van der Waals surface area contributed by atoms with Crippen LogP contribution in [-0.4, -0.2) is 20.6 Å². The van der Waals surface area contributed by atoms with Gasteiger partial charge in [0, 0.05) is 18.2 Å². The van der Waals surface area contributed by atoms with E-state index in [0.717, 1.165) is 27.5 Å². The van der Waals surface area contributed by atoms with Gasteiger partial charge in [0.1, 0.15) is 5.75 Å². The lowest BCUT2D eigenvalue weighted by molar-refractivity contribution is 0.0907. The van der Waals surface area contributed by atoms with Gasteiger partial charge in [-0.05, 0) is 6.07 Å². The van der Waals surface area contributed by atoms with Gasteiger partial charge in [-0.1, -0.05) is 18.2 Å². The molecule has 0 aliphatic carbocycles. The topological polar surface area (TPSA) is 55.1 Å². The number of carbonyl (C=O) groups excluding carboxylic acids is 1. The van der Waals surface area contributed by atoms with E-state index in [1.165, 1.54) is 6.20 Å². The SMILES string of the molecule is O=C1CCc2ncc(O)c3c4ccccc4n1c23. The Balaban J connectivity index is 2.40. The number of aromatic nitrogens is 2. The molecule has 1 N–H and O–H groups in total. The van der Waals surface area contributed by atoms with Crippen LogP contribution in [0.4, 0.5) is 0 Å².